The molecule has 2 nitrogen and oxygen atoms in total. The zero-order valence-electron chi connectivity index (χ0n) is 12.5. The molecule has 0 radical (unpaired) electrons. The molecule has 2 atom stereocenters. The molecule has 1 aromatic carbocycles. The standard InChI is InChI=1S/C17H27NO/c1-4-13(2)18-14(3)15-9-11-17(12-10-15)19-16-7-5-6-8-16/h9-14,16,18H,4-8H2,1-3H3/t13-,14-/m1/s1. The van der Waals surface area contributed by atoms with Crippen molar-refractivity contribution in [1.82, 2.24) is 5.32 Å². The summed E-state index contributed by atoms with van der Waals surface area (Å²) in [7, 11) is 0. The van der Waals surface area contributed by atoms with Crippen LogP contribution in [-0.2, 0) is 0 Å². The molecule has 1 aromatic rings. The first-order valence-corrected chi connectivity index (χ1v) is 7.71. The van der Waals surface area contributed by atoms with Gasteiger partial charge in [-0.2, -0.15) is 0 Å². The average Bonchev–Trinajstić information content (AvgIpc) is 2.92. The lowest BCUT2D eigenvalue weighted by atomic mass is 10.1. The van der Waals surface area contributed by atoms with Gasteiger partial charge in [0, 0.05) is 12.1 Å². The third-order valence-corrected chi connectivity index (χ3v) is 4.13. The summed E-state index contributed by atoms with van der Waals surface area (Å²) in [4.78, 5) is 0. The van der Waals surface area contributed by atoms with Crippen molar-refractivity contribution in [3.8, 4) is 5.75 Å². The second-order valence-electron chi connectivity index (χ2n) is 5.79. The highest BCUT2D eigenvalue weighted by atomic mass is 16.5. The SMILES string of the molecule is CC[C@@H](C)N[C@H](C)c1ccc(OC2CCCC2)cc1. The molecule has 2 heteroatoms. The summed E-state index contributed by atoms with van der Waals surface area (Å²) in [5.74, 6) is 1.02. The molecule has 2 rings (SSSR count). The van der Waals surface area contributed by atoms with Crippen molar-refractivity contribution in [2.45, 2.75) is 71.1 Å². The Labute approximate surface area is 117 Å². The van der Waals surface area contributed by atoms with E-state index in [9.17, 15) is 0 Å². The second-order valence-corrected chi connectivity index (χ2v) is 5.79. The summed E-state index contributed by atoms with van der Waals surface area (Å²) in [5.41, 5.74) is 1.33. The maximum atomic E-state index is 5.99. The monoisotopic (exact) mass is 261 g/mol. The fraction of sp³-hybridized carbons (Fsp3) is 0.647. The first-order valence-electron chi connectivity index (χ1n) is 7.71. The van der Waals surface area contributed by atoms with Crippen LogP contribution in [0.4, 0.5) is 0 Å². The Balaban J connectivity index is 1.89. The third-order valence-electron chi connectivity index (χ3n) is 4.13. The minimum Gasteiger partial charge on any atom is -0.490 e. The van der Waals surface area contributed by atoms with Crippen LogP contribution in [0.5, 0.6) is 5.75 Å². The van der Waals surface area contributed by atoms with Crippen molar-refractivity contribution in [2.75, 3.05) is 0 Å². The highest BCUT2D eigenvalue weighted by Crippen LogP contribution is 2.25. The van der Waals surface area contributed by atoms with Crippen molar-refractivity contribution >= 4 is 0 Å². The topological polar surface area (TPSA) is 21.3 Å². The Morgan fingerprint density at radius 1 is 1.16 bits per heavy atom. The summed E-state index contributed by atoms with van der Waals surface area (Å²) >= 11 is 0. The highest BCUT2D eigenvalue weighted by molar-refractivity contribution is 5.29. The van der Waals surface area contributed by atoms with Crippen molar-refractivity contribution in [3.05, 3.63) is 29.8 Å². The lowest BCUT2D eigenvalue weighted by Gasteiger charge is -2.20. The fourth-order valence-electron chi connectivity index (χ4n) is 2.67. The van der Waals surface area contributed by atoms with Gasteiger partial charge >= 0.3 is 0 Å². The maximum absolute atomic E-state index is 5.99. The molecule has 0 spiro atoms. The predicted molar refractivity (Wildman–Crippen MR) is 80.6 cm³/mol. The van der Waals surface area contributed by atoms with Gasteiger partial charge in [-0.05, 0) is 63.6 Å². The first-order chi connectivity index (χ1) is 9.19. The van der Waals surface area contributed by atoms with E-state index in [1.54, 1.807) is 0 Å². The molecule has 1 aliphatic carbocycles. The molecule has 106 valence electrons. The van der Waals surface area contributed by atoms with E-state index < -0.39 is 0 Å². The van der Waals surface area contributed by atoms with Gasteiger partial charge in [-0.15, -0.1) is 0 Å². The number of nitrogens with one attached hydrogen (secondary N) is 1. The Bertz CT molecular complexity index is 367. The summed E-state index contributed by atoms with van der Waals surface area (Å²) < 4.78 is 5.99. The van der Waals surface area contributed by atoms with Crippen LogP contribution in [0.25, 0.3) is 0 Å². The lowest BCUT2D eigenvalue weighted by molar-refractivity contribution is 0.210. The van der Waals surface area contributed by atoms with Gasteiger partial charge in [0.25, 0.3) is 0 Å². The van der Waals surface area contributed by atoms with Gasteiger partial charge in [0.15, 0.2) is 0 Å². The normalized spacial score (nSPS) is 19.3. The van der Waals surface area contributed by atoms with Crippen LogP contribution < -0.4 is 10.1 Å². The van der Waals surface area contributed by atoms with E-state index >= 15 is 0 Å². The molecule has 1 aliphatic rings. The van der Waals surface area contributed by atoms with Crippen LogP contribution in [0.3, 0.4) is 0 Å². The van der Waals surface area contributed by atoms with Crippen LogP contribution in [0.2, 0.25) is 0 Å². The molecule has 0 heterocycles. The molecular formula is C17H27NO. The number of rotatable bonds is 6. The summed E-state index contributed by atoms with van der Waals surface area (Å²) in [5, 5.41) is 3.60. The third kappa shape index (κ3) is 4.24. The second kappa shape index (κ2) is 6.95. The summed E-state index contributed by atoms with van der Waals surface area (Å²) in [6, 6.07) is 9.56. The first kappa shape index (κ1) is 14.4. The van der Waals surface area contributed by atoms with Crippen molar-refractivity contribution in [2.24, 2.45) is 0 Å². The van der Waals surface area contributed by atoms with Crippen LogP contribution >= 0.6 is 0 Å². The molecule has 0 amide bonds. The average molecular weight is 261 g/mol. The van der Waals surface area contributed by atoms with Crippen LogP contribution in [0.15, 0.2) is 24.3 Å². The fourth-order valence-corrected chi connectivity index (χ4v) is 2.67. The van der Waals surface area contributed by atoms with E-state index in [4.69, 9.17) is 4.74 Å². The summed E-state index contributed by atoms with van der Waals surface area (Å²) in [6.07, 6.45) is 6.67. The van der Waals surface area contributed by atoms with Gasteiger partial charge in [0.1, 0.15) is 5.75 Å². The molecule has 1 fully saturated rings. The summed E-state index contributed by atoms with van der Waals surface area (Å²) in [6.45, 7) is 6.66. The molecule has 1 N–H and O–H groups in total. The molecule has 1 saturated carbocycles. The van der Waals surface area contributed by atoms with Gasteiger partial charge in [0.05, 0.1) is 6.10 Å². The molecule has 0 saturated heterocycles. The van der Waals surface area contributed by atoms with E-state index in [2.05, 4.69) is 50.4 Å². The van der Waals surface area contributed by atoms with Gasteiger partial charge in [0.2, 0.25) is 0 Å². The number of hydrogen-bond donors (Lipinski definition) is 1. The quantitative estimate of drug-likeness (QED) is 0.816. The van der Waals surface area contributed by atoms with E-state index in [1.807, 2.05) is 0 Å². The predicted octanol–water partition coefficient (Wildman–Crippen LogP) is 4.46. The molecule has 0 aromatic heterocycles. The van der Waals surface area contributed by atoms with E-state index in [0.29, 0.717) is 18.2 Å². The number of benzene rings is 1. The van der Waals surface area contributed by atoms with E-state index in [-0.39, 0.29) is 0 Å². The number of hydrogen-bond acceptors (Lipinski definition) is 2. The van der Waals surface area contributed by atoms with Gasteiger partial charge in [-0.25, -0.2) is 0 Å². The van der Waals surface area contributed by atoms with Crippen LogP contribution in [0.1, 0.15) is 64.5 Å². The Morgan fingerprint density at radius 2 is 1.79 bits per heavy atom. The lowest BCUT2D eigenvalue weighted by Crippen LogP contribution is -2.28. The minimum absolute atomic E-state index is 0.399. The highest BCUT2D eigenvalue weighted by Gasteiger charge is 2.16. The zero-order chi connectivity index (χ0) is 13.7. The molecule has 0 aliphatic heterocycles. The Hall–Kier alpha value is -1.02. The van der Waals surface area contributed by atoms with Crippen LogP contribution in [0, 0.1) is 0 Å². The molecule has 0 bridgehead atoms. The largest absolute Gasteiger partial charge is 0.490 e. The van der Waals surface area contributed by atoms with Gasteiger partial charge in [-0.1, -0.05) is 19.1 Å². The Kier molecular flexibility index (Phi) is 5.26. The smallest absolute Gasteiger partial charge is 0.119 e. The van der Waals surface area contributed by atoms with Crippen molar-refractivity contribution in [1.29, 1.82) is 0 Å². The zero-order valence-corrected chi connectivity index (χ0v) is 12.5. The molecular weight excluding hydrogens is 234 g/mol. The van der Waals surface area contributed by atoms with E-state index in [1.165, 1.54) is 31.2 Å². The van der Waals surface area contributed by atoms with Gasteiger partial charge in [-0.3, -0.25) is 0 Å². The van der Waals surface area contributed by atoms with Gasteiger partial charge < -0.3 is 10.1 Å². The van der Waals surface area contributed by atoms with Crippen molar-refractivity contribution in [3.63, 3.8) is 0 Å². The maximum Gasteiger partial charge on any atom is 0.119 e. The van der Waals surface area contributed by atoms with E-state index in [0.717, 1.165) is 12.2 Å². The van der Waals surface area contributed by atoms with Crippen LogP contribution in [-0.4, -0.2) is 12.1 Å². The number of ether oxygens (including phenoxy) is 1. The molecule has 0 unspecified atom stereocenters. The Morgan fingerprint density at radius 3 is 2.37 bits per heavy atom. The molecule has 19 heavy (non-hydrogen) atoms. The van der Waals surface area contributed by atoms with Crippen molar-refractivity contribution < 1.29 is 4.74 Å². The minimum atomic E-state index is 0.399.